The van der Waals surface area contributed by atoms with Gasteiger partial charge in [0.05, 0.1) is 13.7 Å². The number of ether oxygens (including phenoxy) is 1. The van der Waals surface area contributed by atoms with Crippen LogP contribution in [0.5, 0.6) is 5.75 Å². The molecule has 1 fully saturated rings. The lowest BCUT2D eigenvalue weighted by atomic mass is 9.85. The summed E-state index contributed by atoms with van der Waals surface area (Å²) in [7, 11) is 1.44. The summed E-state index contributed by atoms with van der Waals surface area (Å²) >= 11 is 0. The van der Waals surface area contributed by atoms with Gasteiger partial charge < -0.3 is 15.8 Å². The molecule has 1 aromatic rings. The molecule has 6 heteroatoms. The molecule has 112 valence electrons. The van der Waals surface area contributed by atoms with E-state index in [0.29, 0.717) is 12.5 Å². The number of rotatable bonds is 5. The first kappa shape index (κ1) is 17.0. The Balaban J connectivity index is 0.00000200. The summed E-state index contributed by atoms with van der Waals surface area (Å²) in [6.45, 7) is 1.25. The summed E-state index contributed by atoms with van der Waals surface area (Å²) in [5, 5.41) is 3.10. The average Bonchev–Trinajstić information content (AvgIpc) is 2.34. The highest BCUT2D eigenvalue weighted by molar-refractivity contribution is 14.0. The maximum absolute atomic E-state index is 13.5. The Morgan fingerprint density at radius 1 is 1.50 bits per heavy atom. The third-order valence-electron chi connectivity index (χ3n) is 3.44. The highest BCUT2D eigenvalue weighted by Gasteiger charge is 2.16. The molecule has 1 aliphatic carbocycles. The number of methoxy groups -OCH3 is 1. The van der Waals surface area contributed by atoms with Crippen molar-refractivity contribution in [3.8, 4) is 5.75 Å². The topological polar surface area (TPSA) is 59.6 Å². The van der Waals surface area contributed by atoms with Crippen LogP contribution in [0.25, 0.3) is 0 Å². The molecule has 0 radical (unpaired) electrons. The average molecular weight is 393 g/mol. The summed E-state index contributed by atoms with van der Waals surface area (Å²) in [4.78, 5) is 4.20. The smallest absolute Gasteiger partial charge is 0.188 e. The van der Waals surface area contributed by atoms with Gasteiger partial charge in [0, 0.05) is 6.54 Å². The van der Waals surface area contributed by atoms with Gasteiger partial charge in [0.15, 0.2) is 17.5 Å². The van der Waals surface area contributed by atoms with Crippen molar-refractivity contribution in [3.05, 3.63) is 29.6 Å². The predicted molar refractivity (Wildman–Crippen MR) is 89.0 cm³/mol. The van der Waals surface area contributed by atoms with Crippen LogP contribution < -0.4 is 15.8 Å². The molecule has 0 spiro atoms. The normalized spacial score (nSPS) is 15.2. The van der Waals surface area contributed by atoms with Crippen molar-refractivity contribution in [2.45, 2.75) is 25.8 Å². The highest BCUT2D eigenvalue weighted by Crippen LogP contribution is 2.25. The number of hydrogen-bond acceptors (Lipinski definition) is 2. The molecule has 0 heterocycles. The van der Waals surface area contributed by atoms with Crippen LogP contribution in [0.1, 0.15) is 24.8 Å². The first-order chi connectivity index (χ1) is 9.19. The van der Waals surface area contributed by atoms with Crippen LogP contribution in [0, 0.1) is 11.7 Å². The summed E-state index contributed by atoms with van der Waals surface area (Å²) < 4.78 is 18.3. The van der Waals surface area contributed by atoms with Crippen molar-refractivity contribution in [2.75, 3.05) is 13.7 Å². The van der Waals surface area contributed by atoms with Crippen LogP contribution >= 0.6 is 24.0 Å². The van der Waals surface area contributed by atoms with Crippen LogP contribution in [0.3, 0.4) is 0 Å². The molecule has 0 saturated heterocycles. The van der Waals surface area contributed by atoms with E-state index in [2.05, 4.69) is 10.3 Å². The minimum atomic E-state index is -0.379. The summed E-state index contributed by atoms with van der Waals surface area (Å²) in [5.74, 6) is 1.01. The second-order valence-electron chi connectivity index (χ2n) is 4.85. The van der Waals surface area contributed by atoms with E-state index in [0.717, 1.165) is 18.0 Å². The first-order valence-corrected chi connectivity index (χ1v) is 6.55. The Morgan fingerprint density at radius 3 is 2.80 bits per heavy atom. The third kappa shape index (κ3) is 4.81. The third-order valence-corrected chi connectivity index (χ3v) is 3.44. The molecule has 1 saturated carbocycles. The SMILES string of the molecule is COc1ccc(CN=C(N)NCC2CCC2)cc1F.I. The van der Waals surface area contributed by atoms with Gasteiger partial charge in [-0.15, -0.1) is 24.0 Å². The molecule has 3 N–H and O–H groups in total. The van der Waals surface area contributed by atoms with E-state index in [9.17, 15) is 4.39 Å². The van der Waals surface area contributed by atoms with Crippen molar-refractivity contribution in [2.24, 2.45) is 16.6 Å². The van der Waals surface area contributed by atoms with Crippen LogP contribution in [0.15, 0.2) is 23.2 Å². The van der Waals surface area contributed by atoms with Gasteiger partial charge in [-0.25, -0.2) is 9.38 Å². The summed E-state index contributed by atoms with van der Waals surface area (Å²) in [5.41, 5.74) is 6.53. The molecular formula is C14H21FIN3O. The van der Waals surface area contributed by atoms with E-state index in [1.165, 1.54) is 32.4 Å². The summed E-state index contributed by atoms with van der Waals surface area (Å²) in [6.07, 6.45) is 3.85. The van der Waals surface area contributed by atoms with Gasteiger partial charge in [-0.05, 0) is 36.5 Å². The van der Waals surface area contributed by atoms with Crippen molar-refractivity contribution in [1.29, 1.82) is 0 Å². The highest BCUT2D eigenvalue weighted by atomic mass is 127. The monoisotopic (exact) mass is 393 g/mol. The Bertz CT molecular complexity index is 464. The number of hydrogen-bond donors (Lipinski definition) is 2. The van der Waals surface area contributed by atoms with Gasteiger partial charge in [-0.3, -0.25) is 0 Å². The van der Waals surface area contributed by atoms with Crippen LogP contribution in [0.2, 0.25) is 0 Å². The van der Waals surface area contributed by atoms with Gasteiger partial charge in [0.1, 0.15) is 0 Å². The molecule has 0 amide bonds. The number of aliphatic imine (C=N–C) groups is 1. The van der Waals surface area contributed by atoms with E-state index < -0.39 is 0 Å². The van der Waals surface area contributed by atoms with E-state index in [4.69, 9.17) is 10.5 Å². The Labute approximate surface area is 136 Å². The molecular weight excluding hydrogens is 372 g/mol. The van der Waals surface area contributed by atoms with E-state index in [-0.39, 0.29) is 35.5 Å². The lowest BCUT2D eigenvalue weighted by Crippen LogP contribution is -2.37. The van der Waals surface area contributed by atoms with Gasteiger partial charge >= 0.3 is 0 Å². The zero-order valence-corrected chi connectivity index (χ0v) is 13.9. The Kier molecular flexibility index (Phi) is 7.04. The number of benzene rings is 1. The lowest BCUT2D eigenvalue weighted by Gasteiger charge is -2.25. The zero-order valence-electron chi connectivity index (χ0n) is 11.6. The molecule has 0 bridgehead atoms. The van der Waals surface area contributed by atoms with E-state index in [1.807, 2.05) is 0 Å². The lowest BCUT2D eigenvalue weighted by molar-refractivity contribution is 0.315. The number of guanidine groups is 1. The van der Waals surface area contributed by atoms with Crippen molar-refractivity contribution < 1.29 is 9.13 Å². The molecule has 0 atom stereocenters. The zero-order chi connectivity index (χ0) is 13.7. The largest absolute Gasteiger partial charge is 0.494 e. The maximum Gasteiger partial charge on any atom is 0.188 e. The van der Waals surface area contributed by atoms with Crippen molar-refractivity contribution >= 4 is 29.9 Å². The minimum absolute atomic E-state index is 0. The first-order valence-electron chi connectivity index (χ1n) is 6.55. The number of nitrogens with one attached hydrogen (secondary N) is 1. The van der Waals surface area contributed by atoms with Crippen LogP contribution in [-0.2, 0) is 6.54 Å². The molecule has 4 nitrogen and oxygen atoms in total. The maximum atomic E-state index is 13.5. The van der Waals surface area contributed by atoms with Gasteiger partial charge in [0.25, 0.3) is 0 Å². The number of halogens is 2. The van der Waals surface area contributed by atoms with Crippen LogP contribution in [0.4, 0.5) is 4.39 Å². The molecule has 0 aromatic heterocycles. The second-order valence-corrected chi connectivity index (χ2v) is 4.85. The fraction of sp³-hybridized carbons (Fsp3) is 0.500. The fourth-order valence-corrected chi connectivity index (χ4v) is 1.99. The van der Waals surface area contributed by atoms with Gasteiger partial charge in [0.2, 0.25) is 0 Å². The molecule has 1 aromatic carbocycles. The molecule has 0 unspecified atom stereocenters. The molecule has 2 rings (SSSR count). The fourth-order valence-electron chi connectivity index (χ4n) is 1.99. The van der Waals surface area contributed by atoms with Crippen molar-refractivity contribution in [1.82, 2.24) is 5.32 Å². The molecule has 0 aliphatic heterocycles. The van der Waals surface area contributed by atoms with Crippen LogP contribution in [-0.4, -0.2) is 19.6 Å². The standard InChI is InChI=1S/C14H20FN3O.HI/c1-19-13-6-5-11(7-12(13)15)9-18-14(16)17-8-10-3-2-4-10;/h5-7,10H,2-4,8-9H2,1H3,(H3,16,17,18);1H. The number of nitrogens with two attached hydrogens (primary N) is 1. The second kappa shape index (κ2) is 8.28. The van der Waals surface area contributed by atoms with E-state index >= 15 is 0 Å². The molecule has 1 aliphatic rings. The Morgan fingerprint density at radius 2 is 2.25 bits per heavy atom. The van der Waals surface area contributed by atoms with E-state index in [1.54, 1.807) is 12.1 Å². The quantitative estimate of drug-likeness (QED) is 0.460. The Hall–Kier alpha value is -1.05. The number of nitrogens with zero attached hydrogens (tertiary/aromatic N) is 1. The summed E-state index contributed by atoms with van der Waals surface area (Å²) in [6, 6.07) is 4.80. The van der Waals surface area contributed by atoms with Crippen molar-refractivity contribution in [3.63, 3.8) is 0 Å². The predicted octanol–water partition coefficient (Wildman–Crippen LogP) is 2.66. The minimum Gasteiger partial charge on any atom is -0.494 e. The molecule has 20 heavy (non-hydrogen) atoms. The van der Waals surface area contributed by atoms with Gasteiger partial charge in [-0.1, -0.05) is 12.5 Å². The van der Waals surface area contributed by atoms with Gasteiger partial charge in [-0.2, -0.15) is 0 Å².